The van der Waals surface area contributed by atoms with E-state index >= 15 is 0 Å². The summed E-state index contributed by atoms with van der Waals surface area (Å²) in [4.78, 5) is 1.30. The average molecular weight is 224 g/mol. The van der Waals surface area contributed by atoms with Gasteiger partial charge in [-0.3, -0.25) is 0 Å². The van der Waals surface area contributed by atoms with Crippen LogP contribution in [0, 0.1) is 12.8 Å². The van der Waals surface area contributed by atoms with Crippen LogP contribution in [-0.2, 0) is 5.60 Å². The van der Waals surface area contributed by atoms with Crippen LogP contribution in [0.3, 0.4) is 0 Å². The molecule has 0 aromatic carbocycles. The summed E-state index contributed by atoms with van der Waals surface area (Å²) < 4.78 is 0. The molecule has 15 heavy (non-hydrogen) atoms. The monoisotopic (exact) mass is 224 g/mol. The highest BCUT2D eigenvalue weighted by atomic mass is 32.1. The van der Waals surface area contributed by atoms with Crippen LogP contribution >= 0.6 is 11.3 Å². The Kier molecular flexibility index (Phi) is 3.17. The average Bonchev–Trinajstić information content (AvgIpc) is 2.55. The first-order chi connectivity index (χ1) is 7.10. The van der Waals surface area contributed by atoms with Gasteiger partial charge in [0, 0.05) is 4.88 Å². The van der Waals surface area contributed by atoms with Gasteiger partial charge in [0.05, 0.1) is 5.60 Å². The normalized spacial score (nSPS) is 32.6. The molecule has 0 aliphatic heterocycles. The SMILES string of the molecule is Cc1cc(C2(O)CCCC(C)CC2)cs1. The van der Waals surface area contributed by atoms with E-state index in [0.717, 1.165) is 37.2 Å². The fourth-order valence-corrected chi connectivity index (χ4v) is 3.27. The van der Waals surface area contributed by atoms with E-state index in [-0.39, 0.29) is 0 Å². The highest BCUT2D eigenvalue weighted by Crippen LogP contribution is 2.39. The van der Waals surface area contributed by atoms with Crippen molar-refractivity contribution in [2.75, 3.05) is 0 Å². The second-order valence-corrected chi connectivity index (χ2v) is 6.13. The number of hydrogen-bond acceptors (Lipinski definition) is 2. The Labute approximate surface area is 96.1 Å². The molecular weight excluding hydrogens is 204 g/mol. The second kappa shape index (κ2) is 4.26. The zero-order chi connectivity index (χ0) is 10.9. The molecule has 84 valence electrons. The maximum atomic E-state index is 10.7. The van der Waals surface area contributed by atoms with Gasteiger partial charge in [0.1, 0.15) is 0 Å². The van der Waals surface area contributed by atoms with E-state index in [9.17, 15) is 5.11 Å². The van der Waals surface area contributed by atoms with Crippen molar-refractivity contribution in [2.24, 2.45) is 5.92 Å². The summed E-state index contributed by atoms with van der Waals surface area (Å²) in [7, 11) is 0. The Morgan fingerprint density at radius 2 is 2.20 bits per heavy atom. The minimum absolute atomic E-state index is 0.532. The molecule has 1 aromatic rings. The van der Waals surface area contributed by atoms with E-state index in [1.54, 1.807) is 11.3 Å². The van der Waals surface area contributed by atoms with Gasteiger partial charge < -0.3 is 5.11 Å². The maximum absolute atomic E-state index is 10.7. The Morgan fingerprint density at radius 1 is 1.40 bits per heavy atom. The summed E-state index contributed by atoms with van der Waals surface area (Å²) in [5, 5.41) is 12.8. The third-order valence-corrected chi connectivity index (χ3v) is 4.47. The highest BCUT2D eigenvalue weighted by molar-refractivity contribution is 7.10. The minimum atomic E-state index is -0.532. The standard InChI is InChI=1S/C13H20OS/c1-10-4-3-6-13(14,7-5-10)12-8-11(2)15-9-12/h8-10,14H,3-7H2,1-2H3. The predicted molar refractivity (Wildman–Crippen MR) is 65.2 cm³/mol. The fourth-order valence-electron chi connectivity index (χ4n) is 2.47. The van der Waals surface area contributed by atoms with Gasteiger partial charge >= 0.3 is 0 Å². The molecule has 2 heteroatoms. The topological polar surface area (TPSA) is 20.2 Å². The molecule has 1 aromatic heterocycles. The van der Waals surface area contributed by atoms with Crippen LogP contribution in [0.1, 0.15) is 49.5 Å². The van der Waals surface area contributed by atoms with Crippen LogP contribution in [0.5, 0.6) is 0 Å². The third-order valence-electron chi connectivity index (χ3n) is 3.61. The largest absolute Gasteiger partial charge is 0.385 e. The highest BCUT2D eigenvalue weighted by Gasteiger charge is 2.32. The van der Waals surface area contributed by atoms with Crippen LogP contribution in [0.25, 0.3) is 0 Å². The lowest BCUT2D eigenvalue weighted by Gasteiger charge is -2.25. The second-order valence-electron chi connectivity index (χ2n) is 5.01. The molecule has 1 nitrogen and oxygen atoms in total. The number of thiophene rings is 1. The molecule has 1 aliphatic carbocycles. The van der Waals surface area contributed by atoms with Crippen molar-refractivity contribution >= 4 is 11.3 Å². The van der Waals surface area contributed by atoms with E-state index in [4.69, 9.17) is 0 Å². The molecule has 0 spiro atoms. The molecular formula is C13H20OS. The third kappa shape index (κ3) is 2.43. The zero-order valence-electron chi connectivity index (χ0n) is 9.62. The Hall–Kier alpha value is -0.340. The summed E-state index contributed by atoms with van der Waals surface area (Å²) in [5.74, 6) is 0.777. The lowest BCUT2D eigenvalue weighted by atomic mass is 9.88. The summed E-state index contributed by atoms with van der Waals surface area (Å²) in [6.07, 6.45) is 5.46. The van der Waals surface area contributed by atoms with E-state index in [0.29, 0.717) is 0 Å². The molecule has 0 bridgehead atoms. The quantitative estimate of drug-likeness (QED) is 0.718. The van der Waals surface area contributed by atoms with Crippen molar-refractivity contribution in [1.29, 1.82) is 0 Å². The van der Waals surface area contributed by atoms with Crippen molar-refractivity contribution in [1.82, 2.24) is 0 Å². The number of rotatable bonds is 1. The molecule has 0 amide bonds. The molecule has 1 aliphatic rings. The predicted octanol–water partition coefficient (Wildman–Crippen LogP) is 3.84. The van der Waals surface area contributed by atoms with E-state index in [2.05, 4.69) is 25.3 Å². The van der Waals surface area contributed by atoms with Crippen molar-refractivity contribution in [3.05, 3.63) is 21.9 Å². The molecule has 0 radical (unpaired) electrons. The Morgan fingerprint density at radius 3 is 2.87 bits per heavy atom. The summed E-state index contributed by atoms with van der Waals surface area (Å²) in [6, 6.07) is 2.15. The van der Waals surface area contributed by atoms with Gasteiger partial charge in [0.25, 0.3) is 0 Å². The summed E-state index contributed by atoms with van der Waals surface area (Å²) in [5.41, 5.74) is 0.620. The minimum Gasteiger partial charge on any atom is -0.385 e. The summed E-state index contributed by atoms with van der Waals surface area (Å²) in [6.45, 7) is 4.40. The number of hydrogen-bond donors (Lipinski definition) is 1. The first kappa shape index (κ1) is 11.2. The fraction of sp³-hybridized carbons (Fsp3) is 0.692. The van der Waals surface area contributed by atoms with Gasteiger partial charge in [-0.2, -0.15) is 0 Å². The molecule has 0 saturated heterocycles. The number of aryl methyl sites for hydroxylation is 1. The van der Waals surface area contributed by atoms with Gasteiger partial charge in [-0.1, -0.05) is 13.3 Å². The first-order valence-corrected chi connectivity index (χ1v) is 6.76. The molecule has 1 fully saturated rings. The van der Waals surface area contributed by atoms with Crippen molar-refractivity contribution < 1.29 is 5.11 Å². The van der Waals surface area contributed by atoms with Gasteiger partial charge in [0.2, 0.25) is 0 Å². The molecule has 2 unspecified atom stereocenters. The molecule has 1 heterocycles. The van der Waals surface area contributed by atoms with E-state index < -0.39 is 5.60 Å². The molecule has 1 N–H and O–H groups in total. The van der Waals surface area contributed by atoms with Gasteiger partial charge in [-0.15, -0.1) is 11.3 Å². The molecule has 2 atom stereocenters. The first-order valence-electron chi connectivity index (χ1n) is 5.88. The molecule has 2 rings (SSSR count). The van der Waals surface area contributed by atoms with Crippen LogP contribution < -0.4 is 0 Å². The lowest BCUT2D eigenvalue weighted by Crippen LogP contribution is -2.23. The van der Waals surface area contributed by atoms with Gasteiger partial charge in [-0.05, 0) is 55.5 Å². The summed E-state index contributed by atoms with van der Waals surface area (Å²) >= 11 is 1.74. The number of aliphatic hydroxyl groups is 1. The zero-order valence-corrected chi connectivity index (χ0v) is 10.4. The van der Waals surface area contributed by atoms with Gasteiger partial charge in [0.15, 0.2) is 0 Å². The van der Waals surface area contributed by atoms with Crippen molar-refractivity contribution in [3.63, 3.8) is 0 Å². The molecule has 1 saturated carbocycles. The van der Waals surface area contributed by atoms with Crippen molar-refractivity contribution in [3.8, 4) is 0 Å². The van der Waals surface area contributed by atoms with Crippen LogP contribution in [-0.4, -0.2) is 5.11 Å². The Balaban J connectivity index is 2.18. The maximum Gasteiger partial charge on any atom is 0.0904 e. The lowest BCUT2D eigenvalue weighted by molar-refractivity contribution is 0.0202. The van der Waals surface area contributed by atoms with E-state index in [1.807, 2.05) is 0 Å². The van der Waals surface area contributed by atoms with Crippen LogP contribution in [0.15, 0.2) is 11.4 Å². The Bertz CT molecular complexity index is 331. The van der Waals surface area contributed by atoms with E-state index in [1.165, 1.54) is 11.3 Å². The smallest absolute Gasteiger partial charge is 0.0904 e. The van der Waals surface area contributed by atoms with Crippen LogP contribution in [0.2, 0.25) is 0 Å². The van der Waals surface area contributed by atoms with Gasteiger partial charge in [-0.25, -0.2) is 0 Å². The van der Waals surface area contributed by atoms with Crippen LogP contribution in [0.4, 0.5) is 0 Å². The van der Waals surface area contributed by atoms with Crippen molar-refractivity contribution in [2.45, 2.75) is 51.6 Å².